The van der Waals surface area contributed by atoms with Crippen LogP contribution in [0.1, 0.15) is 11.1 Å². The van der Waals surface area contributed by atoms with Gasteiger partial charge in [0.2, 0.25) is 0 Å². The van der Waals surface area contributed by atoms with Gasteiger partial charge in [0.05, 0.1) is 6.61 Å². The highest BCUT2D eigenvalue weighted by atomic mass is 16.5. The molecule has 0 aromatic heterocycles. The van der Waals surface area contributed by atoms with Crippen molar-refractivity contribution in [1.29, 1.82) is 0 Å². The van der Waals surface area contributed by atoms with Crippen molar-refractivity contribution in [3.8, 4) is 5.75 Å². The zero-order chi connectivity index (χ0) is 11.4. The molecule has 1 atom stereocenters. The fourth-order valence-corrected chi connectivity index (χ4v) is 1.79. The van der Waals surface area contributed by atoms with Crippen LogP contribution in [0.2, 0.25) is 0 Å². The zero-order valence-electron chi connectivity index (χ0n) is 9.95. The third-order valence-electron chi connectivity index (χ3n) is 2.98. The number of aryl methyl sites for hydroxylation is 1. The molecule has 1 aromatic rings. The first-order valence-corrected chi connectivity index (χ1v) is 5.78. The first kappa shape index (κ1) is 11.4. The van der Waals surface area contributed by atoms with Gasteiger partial charge in [-0.1, -0.05) is 12.1 Å². The second-order valence-electron chi connectivity index (χ2n) is 4.21. The average molecular weight is 221 g/mol. The van der Waals surface area contributed by atoms with Crippen molar-refractivity contribution < 1.29 is 9.47 Å². The molecule has 1 aliphatic heterocycles. The van der Waals surface area contributed by atoms with Crippen LogP contribution in [-0.2, 0) is 4.74 Å². The maximum atomic E-state index is 5.79. The largest absolute Gasteiger partial charge is 0.491 e. The van der Waals surface area contributed by atoms with E-state index >= 15 is 0 Å². The Labute approximate surface area is 96.8 Å². The Balaban J connectivity index is 1.91. The minimum Gasteiger partial charge on any atom is -0.491 e. The van der Waals surface area contributed by atoms with Crippen molar-refractivity contribution in [2.24, 2.45) is 0 Å². The van der Waals surface area contributed by atoms with Crippen molar-refractivity contribution >= 4 is 0 Å². The number of nitrogens with one attached hydrogen (secondary N) is 1. The van der Waals surface area contributed by atoms with Crippen LogP contribution >= 0.6 is 0 Å². The average Bonchev–Trinajstić information content (AvgIpc) is 2.32. The van der Waals surface area contributed by atoms with E-state index in [-0.39, 0.29) is 6.10 Å². The molecule has 0 bridgehead atoms. The lowest BCUT2D eigenvalue weighted by Gasteiger charge is -2.24. The van der Waals surface area contributed by atoms with Gasteiger partial charge >= 0.3 is 0 Å². The topological polar surface area (TPSA) is 30.5 Å². The fraction of sp³-hybridized carbons (Fsp3) is 0.538. The molecule has 2 rings (SSSR count). The summed E-state index contributed by atoms with van der Waals surface area (Å²) in [5.41, 5.74) is 2.48. The molecule has 1 fully saturated rings. The molecule has 1 N–H and O–H groups in total. The van der Waals surface area contributed by atoms with Gasteiger partial charge in [-0.05, 0) is 31.0 Å². The van der Waals surface area contributed by atoms with Crippen molar-refractivity contribution in [3.63, 3.8) is 0 Å². The first-order chi connectivity index (χ1) is 7.77. The van der Waals surface area contributed by atoms with E-state index in [4.69, 9.17) is 9.47 Å². The molecule has 88 valence electrons. The van der Waals surface area contributed by atoms with E-state index in [9.17, 15) is 0 Å². The van der Waals surface area contributed by atoms with Gasteiger partial charge in [0.25, 0.3) is 0 Å². The summed E-state index contributed by atoms with van der Waals surface area (Å²) in [5, 5.41) is 3.29. The van der Waals surface area contributed by atoms with Crippen LogP contribution in [0.3, 0.4) is 0 Å². The van der Waals surface area contributed by atoms with Crippen LogP contribution in [0.4, 0.5) is 0 Å². The highest BCUT2D eigenvalue weighted by molar-refractivity contribution is 5.38. The maximum absolute atomic E-state index is 5.79. The molecule has 1 heterocycles. The Morgan fingerprint density at radius 2 is 2.31 bits per heavy atom. The molecule has 1 saturated heterocycles. The Morgan fingerprint density at radius 3 is 3.06 bits per heavy atom. The molecule has 0 amide bonds. The van der Waals surface area contributed by atoms with E-state index in [0.29, 0.717) is 6.61 Å². The molecular formula is C13H19NO2. The molecule has 1 aliphatic rings. The number of hydrogen-bond donors (Lipinski definition) is 1. The second-order valence-corrected chi connectivity index (χ2v) is 4.21. The molecule has 3 heteroatoms. The lowest BCUT2D eigenvalue weighted by atomic mass is 10.1. The van der Waals surface area contributed by atoms with Gasteiger partial charge in [-0.3, -0.25) is 0 Å². The van der Waals surface area contributed by atoms with E-state index in [1.807, 2.05) is 12.1 Å². The van der Waals surface area contributed by atoms with Gasteiger partial charge in [0, 0.05) is 13.1 Å². The summed E-state index contributed by atoms with van der Waals surface area (Å²) in [7, 11) is 0. The molecular weight excluding hydrogens is 202 g/mol. The predicted molar refractivity (Wildman–Crippen MR) is 64.0 cm³/mol. The van der Waals surface area contributed by atoms with Crippen molar-refractivity contribution in [2.75, 3.05) is 26.3 Å². The summed E-state index contributed by atoms with van der Waals surface area (Å²) in [5.74, 6) is 0.967. The van der Waals surface area contributed by atoms with E-state index < -0.39 is 0 Å². The smallest absolute Gasteiger partial charge is 0.122 e. The van der Waals surface area contributed by atoms with Crippen LogP contribution in [-0.4, -0.2) is 32.4 Å². The van der Waals surface area contributed by atoms with Crippen molar-refractivity contribution in [1.82, 2.24) is 5.32 Å². The molecule has 0 spiro atoms. The molecule has 0 saturated carbocycles. The Morgan fingerprint density at radius 1 is 1.44 bits per heavy atom. The molecule has 1 unspecified atom stereocenters. The zero-order valence-corrected chi connectivity index (χ0v) is 9.95. The number of rotatable bonds is 3. The molecule has 3 nitrogen and oxygen atoms in total. The summed E-state index contributed by atoms with van der Waals surface area (Å²) in [6.07, 6.45) is 0.175. The monoisotopic (exact) mass is 221 g/mol. The maximum Gasteiger partial charge on any atom is 0.122 e. The van der Waals surface area contributed by atoms with Crippen LogP contribution in [0.5, 0.6) is 5.75 Å². The summed E-state index contributed by atoms with van der Waals surface area (Å²) in [6, 6.07) is 6.14. The van der Waals surface area contributed by atoms with Gasteiger partial charge in [-0.2, -0.15) is 0 Å². The van der Waals surface area contributed by atoms with E-state index in [0.717, 1.165) is 25.4 Å². The molecule has 1 aromatic carbocycles. The molecule has 0 aliphatic carbocycles. The summed E-state index contributed by atoms with van der Waals surface area (Å²) in [6.45, 7) is 7.41. The van der Waals surface area contributed by atoms with Crippen LogP contribution in [0, 0.1) is 13.8 Å². The van der Waals surface area contributed by atoms with Gasteiger partial charge in [0.1, 0.15) is 18.5 Å². The van der Waals surface area contributed by atoms with Gasteiger partial charge in [-0.15, -0.1) is 0 Å². The third-order valence-corrected chi connectivity index (χ3v) is 2.98. The lowest BCUT2D eigenvalue weighted by molar-refractivity contribution is 0.0000547. The highest BCUT2D eigenvalue weighted by Gasteiger charge is 2.14. The quantitative estimate of drug-likeness (QED) is 0.842. The van der Waals surface area contributed by atoms with Crippen LogP contribution in [0.25, 0.3) is 0 Å². The highest BCUT2D eigenvalue weighted by Crippen LogP contribution is 2.20. The summed E-state index contributed by atoms with van der Waals surface area (Å²) in [4.78, 5) is 0. The molecule has 0 radical (unpaired) electrons. The third kappa shape index (κ3) is 2.74. The van der Waals surface area contributed by atoms with Gasteiger partial charge in [0.15, 0.2) is 0 Å². The van der Waals surface area contributed by atoms with Crippen LogP contribution < -0.4 is 10.1 Å². The van der Waals surface area contributed by atoms with E-state index in [2.05, 4.69) is 25.2 Å². The fourth-order valence-electron chi connectivity index (χ4n) is 1.79. The Hall–Kier alpha value is -1.06. The van der Waals surface area contributed by atoms with Gasteiger partial charge in [-0.25, -0.2) is 0 Å². The first-order valence-electron chi connectivity index (χ1n) is 5.78. The Bertz CT molecular complexity index is 346. The minimum atomic E-state index is 0.175. The van der Waals surface area contributed by atoms with E-state index in [1.54, 1.807) is 0 Å². The standard InChI is InChI=1S/C13H19NO2/c1-10-4-3-5-13(11(10)2)16-9-12-8-14-6-7-15-12/h3-5,12,14H,6-9H2,1-2H3. The molecule has 16 heavy (non-hydrogen) atoms. The summed E-state index contributed by atoms with van der Waals surface area (Å²) < 4.78 is 11.4. The second kappa shape index (κ2) is 5.32. The number of benzene rings is 1. The van der Waals surface area contributed by atoms with Crippen molar-refractivity contribution in [3.05, 3.63) is 29.3 Å². The SMILES string of the molecule is Cc1cccc(OCC2CNCCO2)c1C. The lowest BCUT2D eigenvalue weighted by Crippen LogP contribution is -2.41. The Kier molecular flexibility index (Phi) is 3.80. The summed E-state index contributed by atoms with van der Waals surface area (Å²) >= 11 is 0. The van der Waals surface area contributed by atoms with Crippen molar-refractivity contribution in [2.45, 2.75) is 20.0 Å². The number of hydrogen-bond acceptors (Lipinski definition) is 3. The van der Waals surface area contributed by atoms with Gasteiger partial charge < -0.3 is 14.8 Å². The number of morpholine rings is 1. The van der Waals surface area contributed by atoms with E-state index in [1.165, 1.54) is 11.1 Å². The predicted octanol–water partition coefficient (Wildman–Crippen LogP) is 1.67. The number of ether oxygens (including phenoxy) is 2. The normalized spacial score (nSPS) is 20.8. The van der Waals surface area contributed by atoms with Crippen LogP contribution in [0.15, 0.2) is 18.2 Å². The minimum absolute atomic E-state index is 0.175.